The van der Waals surface area contributed by atoms with Crippen LogP contribution >= 0.6 is 0 Å². The lowest BCUT2D eigenvalue weighted by molar-refractivity contribution is -0.144. The molecule has 6 nitrogen and oxygen atoms in total. The zero-order valence-corrected chi connectivity index (χ0v) is 17.7. The molecule has 7 heteroatoms. The number of halogens is 1. The van der Waals surface area contributed by atoms with Gasteiger partial charge in [0.15, 0.2) is 0 Å². The summed E-state index contributed by atoms with van der Waals surface area (Å²) in [5.41, 5.74) is 11.8. The highest BCUT2D eigenvalue weighted by Gasteiger charge is 2.25. The number of H-pyrrole nitrogens is 1. The number of rotatable bonds is 6. The number of aryl methyl sites for hydroxylation is 2. The maximum Gasteiger partial charge on any atom is 0.319 e. The summed E-state index contributed by atoms with van der Waals surface area (Å²) in [6.07, 6.45) is -0.258. The molecule has 0 spiro atoms. The number of nitrogens with two attached hydrogens (primary N) is 1. The Balaban J connectivity index is 1.45. The van der Waals surface area contributed by atoms with Crippen LogP contribution in [0.15, 0.2) is 48.5 Å². The minimum atomic E-state index is -0.468. The number of hydrogen-bond donors (Lipinski definition) is 2. The van der Waals surface area contributed by atoms with Gasteiger partial charge in [-0.3, -0.25) is 4.79 Å². The first-order valence-electron chi connectivity index (χ1n) is 10.2. The lowest BCUT2D eigenvalue weighted by Crippen LogP contribution is -2.27. The molecule has 31 heavy (non-hydrogen) atoms. The van der Waals surface area contributed by atoms with Gasteiger partial charge in [0, 0.05) is 29.2 Å². The molecule has 0 amide bonds. The van der Waals surface area contributed by atoms with Gasteiger partial charge in [0.1, 0.15) is 25.3 Å². The number of nitrogens with one attached hydrogen (secondary N) is 1. The molecular weight excluding hydrogens is 397 g/mol. The number of nitrogens with zero attached hydrogens (tertiary/aromatic N) is 1. The van der Waals surface area contributed by atoms with Gasteiger partial charge in [0.05, 0.1) is 6.54 Å². The van der Waals surface area contributed by atoms with Crippen LogP contribution in [0.25, 0.3) is 22.4 Å². The van der Waals surface area contributed by atoms with Crippen LogP contribution in [0.5, 0.6) is 0 Å². The molecule has 4 rings (SSSR count). The largest absolute Gasteiger partial charge is 0.462 e. The van der Waals surface area contributed by atoms with Crippen LogP contribution in [0.3, 0.4) is 0 Å². The Hall–Kier alpha value is -3.16. The van der Waals surface area contributed by atoms with E-state index in [0.29, 0.717) is 18.8 Å². The molecule has 0 bridgehead atoms. The summed E-state index contributed by atoms with van der Waals surface area (Å²) in [5.74, 6) is -0.764. The van der Waals surface area contributed by atoms with Gasteiger partial charge in [-0.25, -0.2) is 4.39 Å². The predicted octanol–water partition coefficient (Wildman–Crippen LogP) is 3.77. The number of aromatic amines is 1. The van der Waals surface area contributed by atoms with Crippen LogP contribution in [-0.4, -0.2) is 43.5 Å². The third-order valence-corrected chi connectivity index (χ3v) is 5.59. The Morgan fingerprint density at radius 3 is 2.58 bits per heavy atom. The maximum atomic E-state index is 14.9. The summed E-state index contributed by atoms with van der Waals surface area (Å²) in [7, 11) is 0. The smallest absolute Gasteiger partial charge is 0.319 e. The van der Waals surface area contributed by atoms with E-state index in [-0.39, 0.29) is 25.1 Å². The Labute approximate surface area is 180 Å². The Kier molecular flexibility index (Phi) is 6.06. The molecule has 0 aliphatic carbocycles. The number of carbonyl (C=O) groups is 1. The summed E-state index contributed by atoms with van der Waals surface area (Å²) < 4.78 is 25.5. The summed E-state index contributed by atoms with van der Waals surface area (Å²) >= 11 is 0. The zero-order chi connectivity index (χ0) is 22.0. The molecule has 1 aliphatic rings. The van der Waals surface area contributed by atoms with E-state index in [0.717, 1.165) is 28.2 Å². The fourth-order valence-electron chi connectivity index (χ4n) is 3.65. The van der Waals surface area contributed by atoms with Crippen LogP contribution < -0.4 is 10.6 Å². The molecule has 1 aromatic heterocycles. The molecule has 162 valence electrons. The van der Waals surface area contributed by atoms with E-state index in [2.05, 4.69) is 18.0 Å². The van der Waals surface area contributed by atoms with Crippen molar-refractivity contribution < 1.29 is 18.7 Å². The number of carbonyl (C=O) groups excluding carboxylic acids is 1. The van der Waals surface area contributed by atoms with Crippen molar-refractivity contribution in [3.8, 4) is 22.4 Å². The van der Waals surface area contributed by atoms with Gasteiger partial charge < -0.3 is 25.1 Å². The molecule has 0 radical (unpaired) electrons. The van der Waals surface area contributed by atoms with Crippen molar-refractivity contribution in [2.75, 3.05) is 31.3 Å². The number of anilines is 1. The highest BCUT2D eigenvalue weighted by Crippen LogP contribution is 2.30. The minimum Gasteiger partial charge on any atom is -0.462 e. The van der Waals surface area contributed by atoms with Crippen LogP contribution in [0.4, 0.5) is 10.1 Å². The molecular formula is C24H26FN3O3. The molecule has 1 saturated heterocycles. The van der Waals surface area contributed by atoms with Gasteiger partial charge in [0.2, 0.25) is 0 Å². The van der Waals surface area contributed by atoms with E-state index in [1.165, 1.54) is 11.6 Å². The maximum absolute atomic E-state index is 14.9. The quantitative estimate of drug-likeness (QED) is 0.590. The van der Waals surface area contributed by atoms with Crippen molar-refractivity contribution in [3.05, 3.63) is 65.6 Å². The second kappa shape index (κ2) is 8.91. The summed E-state index contributed by atoms with van der Waals surface area (Å²) in [6, 6.07) is 15.1. The molecule has 1 atom stereocenters. The topological polar surface area (TPSA) is 80.6 Å². The number of benzene rings is 2. The molecule has 2 heterocycles. The standard InChI is InChI=1S/C24H26FN3O3/c1-15-9-23(27-16(15)2)18-5-3-17(4-6-18)21-8-7-19(10-22(21)25)28-12-20(31-14-28)13-30-24(29)11-26/h3-10,20,27H,11-14,26H2,1-2H3/t20-/m1/s1. The lowest BCUT2D eigenvalue weighted by Gasteiger charge is -2.17. The van der Waals surface area contributed by atoms with Gasteiger partial charge in [-0.15, -0.1) is 0 Å². The van der Waals surface area contributed by atoms with Gasteiger partial charge in [-0.2, -0.15) is 0 Å². The van der Waals surface area contributed by atoms with Gasteiger partial charge in [-0.05, 0) is 54.8 Å². The Morgan fingerprint density at radius 1 is 1.19 bits per heavy atom. The average Bonchev–Trinajstić information content (AvgIpc) is 3.39. The molecule has 0 saturated carbocycles. The van der Waals surface area contributed by atoms with E-state index in [4.69, 9.17) is 15.2 Å². The fraction of sp³-hybridized carbons (Fsp3) is 0.292. The molecule has 1 aliphatic heterocycles. The summed E-state index contributed by atoms with van der Waals surface area (Å²) in [4.78, 5) is 16.5. The molecule has 2 aromatic carbocycles. The van der Waals surface area contributed by atoms with Crippen molar-refractivity contribution in [1.29, 1.82) is 0 Å². The van der Waals surface area contributed by atoms with Gasteiger partial charge >= 0.3 is 5.97 Å². The first-order valence-corrected chi connectivity index (χ1v) is 10.2. The minimum absolute atomic E-state index is 0.138. The summed E-state index contributed by atoms with van der Waals surface area (Å²) in [5, 5.41) is 0. The van der Waals surface area contributed by atoms with Crippen LogP contribution in [-0.2, 0) is 14.3 Å². The molecule has 0 unspecified atom stereocenters. The van der Waals surface area contributed by atoms with Gasteiger partial charge in [-0.1, -0.05) is 24.3 Å². The van der Waals surface area contributed by atoms with Crippen molar-refractivity contribution >= 4 is 11.7 Å². The van der Waals surface area contributed by atoms with Crippen LogP contribution in [0.2, 0.25) is 0 Å². The third-order valence-electron chi connectivity index (χ3n) is 5.59. The van der Waals surface area contributed by atoms with Crippen LogP contribution in [0, 0.1) is 19.7 Å². The van der Waals surface area contributed by atoms with Gasteiger partial charge in [0.25, 0.3) is 0 Å². The van der Waals surface area contributed by atoms with Crippen molar-refractivity contribution in [3.63, 3.8) is 0 Å². The van der Waals surface area contributed by atoms with E-state index < -0.39 is 5.97 Å². The number of hydrogen-bond acceptors (Lipinski definition) is 5. The average molecular weight is 423 g/mol. The first-order chi connectivity index (χ1) is 14.9. The lowest BCUT2D eigenvalue weighted by atomic mass is 10.0. The van der Waals surface area contributed by atoms with Crippen molar-refractivity contribution in [1.82, 2.24) is 4.98 Å². The predicted molar refractivity (Wildman–Crippen MR) is 118 cm³/mol. The molecule has 3 N–H and O–H groups in total. The fourth-order valence-corrected chi connectivity index (χ4v) is 3.65. The SMILES string of the molecule is Cc1cc(-c2ccc(-c3ccc(N4CO[C@@H](COC(=O)CN)C4)cc3F)cc2)[nH]c1C. The Morgan fingerprint density at radius 2 is 1.94 bits per heavy atom. The molecule has 3 aromatic rings. The van der Waals surface area contributed by atoms with Crippen molar-refractivity contribution in [2.24, 2.45) is 5.73 Å². The Bertz CT molecular complexity index is 1060. The van der Waals surface area contributed by atoms with E-state index >= 15 is 0 Å². The van der Waals surface area contributed by atoms with Crippen LogP contribution in [0.1, 0.15) is 11.3 Å². The normalized spacial score (nSPS) is 16.0. The number of ether oxygens (including phenoxy) is 2. The highest BCUT2D eigenvalue weighted by molar-refractivity contribution is 5.72. The second-order valence-corrected chi connectivity index (χ2v) is 7.76. The number of esters is 1. The van der Waals surface area contributed by atoms with E-state index in [9.17, 15) is 9.18 Å². The zero-order valence-electron chi connectivity index (χ0n) is 17.7. The second-order valence-electron chi connectivity index (χ2n) is 7.76. The number of aromatic nitrogens is 1. The third kappa shape index (κ3) is 4.62. The highest BCUT2D eigenvalue weighted by atomic mass is 19.1. The van der Waals surface area contributed by atoms with E-state index in [1.807, 2.05) is 42.2 Å². The molecule has 1 fully saturated rings. The van der Waals surface area contributed by atoms with Crippen molar-refractivity contribution in [2.45, 2.75) is 20.0 Å². The monoisotopic (exact) mass is 423 g/mol. The first kappa shape index (κ1) is 21.1. The van der Waals surface area contributed by atoms with E-state index in [1.54, 1.807) is 6.07 Å². The summed E-state index contributed by atoms with van der Waals surface area (Å²) in [6.45, 7) is 4.92.